The van der Waals surface area contributed by atoms with Gasteiger partial charge in [0.25, 0.3) is 5.91 Å². The first-order valence-electron chi connectivity index (χ1n) is 7.53. The molecule has 0 atom stereocenters. The van der Waals surface area contributed by atoms with Gasteiger partial charge >= 0.3 is 18.0 Å². The van der Waals surface area contributed by atoms with Gasteiger partial charge in [-0.3, -0.25) is 4.79 Å². The Labute approximate surface area is 153 Å². The summed E-state index contributed by atoms with van der Waals surface area (Å²) in [5.74, 6) is -4.62. The lowest BCUT2D eigenvalue weighted by molar-refractivity contribution is -0.294. The van der Waals surface area contributed by atoms with Crippen LogP contribution >= 0.6 is 0 Å². The number of rotatable bonds is 4. The molecule has 28 heavy (non-hydrogen) atoms. The van der Waals surface area contributed by atoms with Crippen LogP contribution < -0.4 is 10.6 Å². The van der Waals surface area contributed by atoms with E-state index < -0.39 is 46.8 Å². The monoisotopic (exact) mass is 412 g/mol. The van der Waals surface area contributed by atoms with E-state index >= 15 is 0 Å². The fourth-order valence-electron chi connectivity index (χ4n) is 2.22. The molecule has 0 radical (unpaired) electrons. The Kier molecular flexibility index (Phi) is 5.58. The summed E-state index contributed by atoms with van der Waals surface area (Å²) < 4.78 is 108. The van der Waals surface area contributed by atoms with Gasteiger partial charge in [0.15, 0.2) is 0 Å². The highest BCUT2D eigenvalue weighted by atomic mass is 19.4. The number of benzene rings is 2. The molecule has 0 aromatic heterocycles. The molecule has 152 valence electrons. The quantitative estimate of drug-likeness (QED) is 0.552. The van der Waals surface area contributed by atoms with Crippen molar-refractivity contribution < 1.29 is 39.9 Å². The van der Waals surface area contributed by atoms with Crippen LogP contribution in [-0.4, -0.2) is 23.9 Å². The van der Waals surface area contributed by atoms with E-state index in [1.807, 2.05) is 0 Å². The molecule has 0 aliphatic rings. The van der Waals surface area contributed by atoms with E-state index in [0.717, 1.165) is 22.8 Å². The van der Waals surface area contributed by atoms with Gasteiger partial charge < -0.3 is 10.6 Å². The number of nitrogens with one attached hydrogen (secondary N) is 2. The lowest BCUT2D eigenvalue weighted by Crippen LogP contribution is -2.72. The van der Waals surface area contributed by atoms with Crippen molar-refractivity contribution in [1.29, 1.82) is 0 Å². The minimum atomic E-state index is -6.13. The Morgan fingerprint density at radius 2 is 1.39 bits per heavy atom. The maximum Gasteiger partial charge on any atom is 0.439 e. The van der Waals surface area contributed by atoms with Gasteiger partial charge in [0.1, 0.15) is 11.6 Å². The molecule has 0 bridgehead atoms. The zero-order valence-corrected chi connectivity index (χ0v) is 14.0. The molecule has 2 N–H and O–H groups in total. The van der Waals surface area contributed by atoms with Gasteiger partial charge in [-0.2, -0.15) is 26.3 Å². The fraction of sp³-hybridized carbons (Fsp3) is 0.235. The molecule has 0 spiro atoms. The summed E-state index contributed by atoms with van der Waals surface area (Å²) in [7, 11) is 0. The lowest BCUT2D eigenvalue weighted by Gasteiger charge is -2.39. The predicted molar refractivity (Wildman–Crippen MR) is 83.5 cm³/mol. The van der Waals surface area contributed by atoms with Crippen molar-refractivity contribution in [3.05, 3.63) is 65.2 Å². The minimum Gasteiger partial charge on any atom is -0.345 e. The van der Waals surface area contributed by atoms with Gasteiger partial charge in [-0.1, -0.05) is 17.7 Å². The number of halogens is 8. The molecule has 2 rings (SSSR count). The highest BCUT2D eigenvalue weighted by molar-refractivity contribution is 5.95. The first kappa shape index (κ1) is 21.5. The van der Waals surface area contributed by atoms with Crippen molar-refractivity contribution in [1.82, 2.24) is 5.32 Å². The van der Waals surface area contributed by atoms with Crippen LogP contribution in [0.4, 0.5) is 40.8 Å². The zero-order chi connectivity index (χ0) is 21.3. The van der Waals surface area contributed by atoms with Crippen LogP contribution in [-0.2, 0) is 0 Å². The number of hydrogen-bond donors (Lipinski definition) is 2. The summed E-state index contributed by atoms with van der Waals surface area (Å²) in [4.78, 5) is 12.1. The second kappa shape index (κ2) is 7.28. The Hall–Kier alpha value is -2.85. The molecule has 2 aromatic rings. The first-order chi connectivity index (χ1) is 12.8. The van der Waals surface area contributed by atoms with E-state index in [4.69, 9.17) is 0 Å². The van der Waals surface area contributed by atoms with Crippen LogP contribution in [0.15, 0.2) is 42.5 Å². The van der Waals surface area contributed by atoms with Gasteiger partial charge in [-0.25, -0.2) is 8.78 Å². The third-order valence-electron chi connectivity index (χ3n) is 3.72. The van der Waals surface area contributed by atoms with Gasteiger partial charge in [-0.15, -0.1) is 0 Å². The van der Waals surface area contributed by atoms with Gasteiger partial charge in [-0.05, 0) is 31.2 Å². The highest BCUT2D eigenvalue weighted by Crippen LogP contribution is 2.44. The SMILES string of the molecule is Cc1ccc(C(=O)NC(Nc2ccc(F)cc2F)(C(F)(F)F)C(F)(F)F)cc1. The van der Waals surface area contributed by atoms with Crippen LogP contribution in [0.1, 0.15) is 15.9 Å². The molecule has 0 saturated carbocycles. The van der Waals surface area contributed by atoms with E-state index in [2.05, 4.69) is 0 Å². The Morgan fingerprint density at radius 1 is 0.857 bits per heavy atom. The second-order valence-corrected chi connectivity index (χ2v) is 5.81. The summed E-state index contributed by atoms with van der Waals surface area (Å²) in [6, 6.07) is 5.60. The number of alkyl halides is 6. The smallest absolute Gasteiger partial charge is 0.345 e. The predicted octanol–water partition coefficient (Wildman–Crippen LogP) is 4.94. The zero-order valence-electron chi connectivity index (χ0n) is 14.0. The summed E-state index contributed by atoms with van der Waals surface area (Å²) in [6.07, 6.45) is -12.3. The van der Waals surface area contributed by atoms with Crippen LogP contribution in [0.5, 0.6) is 0 Å². The molecule has 1 amide bonds. The average molecular weight is 412 g/mol. The van der Waals surface area contributed by atoms with E-state index in [1.54, 1.807) is 6.92 Å². The number of hydrogen-bond acceptors (Lipinski definition) is 2. The Morgan fingerprint density at radius 3 is 1.86 bits per heavy atom. The maximum atomic E-state index is 13.7. The van der Waals surface area contributed by atoms with Crippen LogP contribution in [0.25, 0.3) is 0 Å². The molecule has 0 aliphatic carbocycles. The number of amides is 1. The van der Waals surface area contributed by atoms with Crippen molar-refractivity contribution in [2.45, 2.75) is 24.9 Å². The molecule has 0 aliphatic heterocycles. The third kappa shape index (κ3) is 4.18. The molecule has 0 unspecified atom stereocenters. The highest BCUT2D eigenvalue weighted by Gasteiger charge is 2.72. The molecular weight excluding hydrogens is 400 g/mol. The first-order valence-corrected chi connectivity index (χ1v) is 7.53. The summed E-state index contributed by atoms with van der Waals surface area (Å²) in [6.45, 7) is 1.59. The van der Waals surface area contributed by atoms with Crippen molar-refractivity contribution in [2.75, 3.05) is 5.32 Å². The number of aryl methyl sites for hydroxylation is 1. The van der Waals surface area contributed by atoms with Crippen LogP contribution in [0.2, 0.25) is 0 Å². The van der Waals surface area contributed by atoms with Crippen molar-refractivity contribution in [3.8, 4) is 0 Å². The average Bonchev–Trinajstić information content (AvgIpc) is 2.54. The van der Waals surface area contributed by atoms with E-state index in [1.165, 1.54) is 12.1 Å². The van der Waals surface area contributed by atoms with Crippen molar-refractivity contribution in [2.24, 2.45) is 0 Å². The fourth-order valence-corrected chi connectivity index (χ4v) is 2.22. The molecule has 3 nitrogen and oxygen atoms in total. The standard InChI is InChI=1S/C17H12F8N2O/c1-9-2-4-10(5-3-9)14(28)27-15(16(20,21)22,17(23,24)25)26-13-7-6-11(18)8-12(13)19/h2-8,26H,1H3,(H,27,28). The number of carbonyl (C=O) groups is 1. The van der Waals surface area contributed by atoms with Gasteiger partial charge in [0.2, 0.25) is 0 Å². The molecule has 0 saturated heterocycles. The molecule has 0 heterocycles. The van der Waals surface area contributed by atoms with Crippen LogP contribution in [0.3, 0.4) is 0 Å². The Bertz CT molecular complexity index is 845. The minimum absolute atomic E-state index is 0.0988. The lowest BCUT2D eigenvalue weighted by atomic mass is 10.1. The van der Waals surface area contributed by atoms with Crippen molar-refractivity contribution in [3.63, 3.8) is 0 Å². The largest absolute Gasteiger partial charge is 0.439 e. The van der Waals surface area contributed by atoms with E-state index in [0.29, 0.717) is 17.7 Å². The maximum absolute atomic E-state index is 13.7. The summed E-state index contributed by atoms with van der Waals surface area (Å²) >= 11 is 0. The normalized spacial score (nSPS) is 12.6. The van der Waals surface area contributed by atoms with Crippen molar-refractivity contribution >= 4 is 11.6 Å². The summed E-state index contributed by atoms with van der Waals surface area (Å²) in [5.41, 5.74) is -6.20. The van der Waals surface area contributed by atoms with Gasteiger partial charge in [0.05, 0.1) is 5.69 Å². The Balaban J connectivity index is 2.54. The molecule has 0 fully saturated rings. The number of anilines is 1. The van der Waals surface area contributed by atoms with Crippen LogP contribution in [0, 0.1) is 18.6 Å². The van der Waals surface area contributed by atoms with E-state index in [9.17, 15) is 39.9 Å². The molecule has 11 heteroatoms. The summed E-state index contributed by atoms with van der Waals surface area (Å²) in [5, 5.41) is 1.83. The molecular formula is C17H12F8N2O. The second-order valence-electron chi connectivity index (χ2n) is 5.81. The third-order valence-corrected chi connectivity index (χ3v) is 3.72. The number of carbonyl (C=O) groups excluding carboxylic acids is 1. The topological polar surface area (TPSA) is 41.1 Å². The molecule has 2 aromatic carbocycles. The van der Waals surface area contributed by atoms with E-state index in [-0.39, 0.29) is 6.07 Å². The van der Waals surface area contributed by atoms with Gasteiger partial charge in [0, 0.05) is 11.6 Å².